The topological polar surface area (TPSA) is 317 Å². The molecule has 0 spiro atoms. The summed E-state index contributed by atoms with van der Waals surface area (Å²) in [5.74, 6) is -4.50. The van der Waals surface area contributed by atoms with Gasteiger partial charge in [0.2, 0.25) is 23.1 Å². The number of Topliss-reactive ketones (excluding diaryl/α,β-unsaturated/α-hetero) is 2. The summed E-state index contributed by atoms with van der Waals surface area (Å²) < 4.78 is 71.7. The largest absolute Gasteiger partial charge is 0.493 e. The van der Waals surface area contributed by atoms with Gasteiger partial charge in [-0.25, -0.2) is 28.8 Å². The molecule has 4 aromatic rings. The number of nitrogens with zero attached hydrogens (tertiary/aromatic N) is 2. The minimum absolute atomic E-state index is 0.168. The standard InChI is InChI=1S/C39H51NO12.C35H43NO12/c1-10-32(41)50-24-39(5,6)35(43)36(44)40-19-12-11-16-28(40)37(45)51-29(18-17-25-20-30(46-7)34(48-9)31(21-25)47-8)26-14-13-15-27(22-26)49-23-33(42)52-38(2,3)4;1-7-30(39)47-21-35(2,3)32(40)33(41)36-16-9-8-13-25(36)34(42)48-26(23-11-10-12-24(19-23)46-20-29(37)38)15-14-22-17-27(43-4)31(45-6)28(18-22)44-5/h10,13-15,20-22,28-29H,1,11-12,16-19,23-24H2,2-9H3;7,10-12,17-19,25-26H,1,8-9,13-16,20-21H2,2-6H3,(H,37,38)/t28-,29+;25-,26+/m00/s1. The van der Waals surface area contributed by atoms with E-state index in [9.17, 15) is 47.9 Å². The van der Waals surface area contributed by atoms with Gasteiger partial charge in [-0.15, -0.1) is 0 Å². The highest BCUT2D eigenvalue weighted by atomic mass is 16.6. The third-order valence-corrected chi connectivity index (χ3v) is 16.1. The number of amides is 2. The molecule has 100 heavy (non-hydrogen) atoms. The van der Waals surface area contributed by atoms with Crippen molar-refractivity contribution in [2.75, 3.05) is 82.2 Å². The number of carbonyl (C=O) groups is 10. The molecule has 544 valence electrons. The number of hydrogen-bond acceptors (Lipinski definition) is 23. The van der Waals surface area contributed by atoms with Crippen molar-refractivity contribution in [3.05, 3.63) is 120 Å². The van der Waals surface area contributed by atoms with E-state index in [0.717, 1.165) is 23.3 Å². The SMILES string of the molecule is C=CC(=O)OCC(C)(C)C(=O)C(=O)N1CCCC[C@H]1C(=O)O[C@H](CCc1cc(OC)c(OC)c(OC)c1)c1cccc(OCC(=O)O)c1.C=CC(=O)OCC(C)(C)C(=O)C(=O)N1CCCC[C@H]1C(=O)O[C@H](CCc1cc(OC)c(OC)c(OC)c1)c1cccc(OCC(=O)OC(C)(C)C)c1. The van der Waals surface area contributed by atoms with E-state index in [1.807, 2.05) is 12.1 Å². The molecule has 26 nitrogen and oxygen atoms in total. The van der Waals surface area contributed by atoms with Crippen LogP contribution in [0.5, 0.6) is 46.0 Å². The number of carboxylic acid groups (broad SMARTS) is 1. The normalized spacial score (nSPS) is 15.1. The van der Waals surface area contributed by atoms with Crippen molar-refractivity contribution >= 4 is 59.2 Å². The van der Waals surface area contributed by atoms with Gasteiger partial charge in [0.25, 0.3) is 11.8 Å². The molecule has 6 rings (SSSR count). The Morgan fingerprint density at radius 1 is 0.520 bits per heavy atom. The minimum Gasteiger partial charge on any atom is -0.493 e. The number of aliphatic carboxylic acids is 1. The molecule has 1 N–H and O–H groups in total. The maximum Gasteiger partial charge on any atom is 0.344 e. The van der Waals surface area contributed by atoms with Gasteiger partial charge in [-0.2, -0.15) is 0 Å². The predicted molar refractivity (Wildman–Crippen MR) is 362 cm³/mol. The molecule has 2 saturated heterocycles. The number of aryl methyl sites for hydroxylation is 2. The van der Waals surface area contributed by atoms with E-state index in [-0.39, 0.29) is 51.5 Å². The second kappa shape index (κ2) is 37.7. The van der Waals surface area contributed by atoms with Gasteiger partial charge in [0, 0.05) is 25.2 Å². The smallest absolute Gasteiger partial charge is 0.344 e. The first-order valence-electron chi connectivity index (χ1n) is 32.5. The molecule has 0 aromatic heterocycles. The van der Waals surface area contributed by atoms with Crippen molar-refractivity contribution in [2.24, 2.45) is 10.8 Å². The van der Waals surface area contributed by atoms with Crippen LogP contribution in [0.3, 0.4) is 0 Å². The molecule has 0 bridgehead atoms. The molecule has 0 unspecified atom stereocenters. The monoisotopic (exact) mass is 1390 g/mol. The number of carboxylic acids is 1. The predicted octanol–water partition coefficient (Wildman–Crippen LogP) is 9.45. The molecule has 2 aliphatic rings. The first kappa shape index (κ1) is 80.5. The number of carbonyl (C=O) groups excluding carboxylic acids is 9. The van der Waals surface area contributed by atoms with Gasteiger partial charge in [-0.1, -0.05) is 37.4 Å². The van der Waals surface area contributed by atoms with Gasteiger partial charge in [0.05, 0.1) is 53.5 Å². The summed E-state index contributed by atoms with van der Waals surface area (Å²) in [7, 11) is 9.06. The van der Waals surface area contributed by atoms with Gasteiger partial charge < -0.3 is 76.5 Å². The number of rotatable bonds is 34. The second-order valence-electron chi connectivity index (χ2n) is 25.8. The lowest BCUT2D eigenvalue weighted by Gasteiger charge is -2.36. The molecule has 2 amide bonds. The Kier molecular flexibility index (Phi) is 30.4. The van der Waals surface area contributed by atoms with Crippen LogP contribution in [-0.4, -0.2) is 174 Å². The third kappa shape index (κ3) is 23.2. The summed E-state index contributed by atoms with van der Waals surface area (Å²) in [6, 6.07) is 18.5. The van der Waals surface area contributed by atoms with Crippen LogP contribution >= 0.6 is 0 Å². The lowest BCUT2D eigenvalue weighted by molar-refractivity contribution is -0.165. The molecule has 2 aliphatic heterocycles. The van der Waals surface area contributed by atoms with Gasteiger partial charge >= 0.3 is 35.8 Å². The summed E-state index contributed by atoms with van der Waals surface area (Å²) >= 11 is 0. The number of hydrogen-bond donors (Lipinski definition) is 1. The highest BCUT2D eigenvalue weighted by Gasteiger charge is 2.44. The molecule has 4 atom stereocenters. The highest BCUT2D eigenvalue weighted by Crippen LogP contribution is 2.42. The van der Waals surface area contributed by atoms with E-state index in [1.54, 1.807) is 81.4 Å². The molecular weight excluding hydrogens is 1300 g/mol. The molecule has 4 aromatic carbocycles. The van der Waals surface area contributed by atoms with Crippen LogP contribution in [-0.2, 0) is 84.5 Å². The average Bonchev–Trinajstić information content (AvgIpc) is 0.818. The fourth-order valence-corrected chi connectivity index (χ4v) is 10.9. The van der Waals surface area contributed by atoms with Crippen LogP contribution in [0.2, 0.25) is 0 Å². The van der Waals surface area contributed by atoms with E-state index in [0.29, 0.717) is 103 Å². The van der Waals surface area contributed by atoms with Crippen LogP contribution in [0.25, 0.3) is 0 Å². The molecule has 0 radical (unpaired) electrons. The Morgan fingerprint density at radius 2 is 0.890 bits per heavy atom. The number of likely N-dealkylation sites (tertiary alicyclic amines) is 2. The highest BCUT2D eigenvalue weighted by molar-refractivity contribution is 6.39. The third-order valence-electron chi connectivity index (χ3n) is 16.1. The Balaban J connectivity index is 0.000000362. The maximum absolute atomic E-state index is 14.0. The number of benzene rings is 4. The zero-order valence-electron chi connectivity index (χ0n) is 59.4. The Bertz CT molecular complexity index is 3520. The van der Waals surface area contributed by atoms with E-state index in [1.165, 1.54) is 80.2 Å². The summed E-state index contributed by atoms with van der Waals surface area (Å²) in [6.45, 7) is 16.7. The quantitative estimate of drug-likeness (QED) is 0.0197. The van der Waals surface area contributed by atoms with Crippen molar-refractivity contribution < 1.29 is 115 Å². The molecule has 0 saturated carbocycles. The van der Waals surface area contributed by atoms with Crippen molar-refractivity contribution in [1.29, 1.82) is 0 Å². The van der Waals surface area contributed by atoms with Crippen molar-refractivity contribution in [3.8, 4) is 46.0 Å². The van der Waals surface area contributed by atoms with E-state index in [4.69, 9.17) is 66.7 Å². The van der Waals surface area contributed by atoms with Crippen molar-refractivity contribution in [1.82, 2.24) is 9.80 Å². The number of ether oxygens (including phenoxy) is 13. The lowest BCUT2D eigenvalue weighted by atomic mass is 9.87. The summed E-state index contributed by atoms with van der Waals surface area (Å²) in [4.78, 5) is 131. The number of methoxy groups -OCH3 is 6. The lowest BCUT2D eigenvalue weighted by Crippen LogP contribution is -2.53. The number of piperidine rings is 2. The van der Waals surface area contributed by atoms with Crippen LogP contribution in [0, 0.1) is 10.8 Å². The Morgan fingerprint density at radius 3 is 1.22 bits per heavy atom. The molecular formula is C74H94N2O24. The minimum atomic E-state index is -1.35. The maximum atomic E-state index is 14.0. The molecule has 2 fully saturated rings. The van der Waals surface area contributed by atoms with Gasteiger partial charge in [0.15, 0.2) is 36.2 Å². The second-order valence-corrected chi connectivity index (χ2v) is 25.8. The number of ketones is 2. The average molecular weight is 1400 g/mol. The summed E-state index contributed by atoms with van der Waals surface area (Å²) in [6.07, 6.45) is 4.63. The van der Waals surface area contributed by atoms with Crippen LogP contribution in [0.4, 0.5) is 0 Å². The zero-order chi connectivity index (χ0) is 74.1. The van der Waals surface area contributed by atoms with Gasteiger partial charge in [0.1, 0.15) is 54.6 Å². The Labute approximate surface area is 583 Å². The molecule has 26 heteroatoms. The summed E-state index contributed by atoms with van der Waals surface area (Å²) in [5.41, 5.74) is -0.644. The molecule has 2 heterocycles. The fraction of sp³-hybridized carbons (Fsp3) is 0.486. The van der Waals surface area contributed by atoms with E-state index >= 15 is 0 Å². The first-order chi connectivity index (χ1) is 47.4. The zero-order valence-corrected chi connectivity index (χ0v) is 59.4. The van der Waals surface area contributed by atoms with Crippen LogP contribution in [0.1, 0.15) is 134 Å². The van der Waals surface area contributed by atoms with E-state index < -0.39 is 107 Å². The van der Waals surface area contributed by atoms with Gasteiger partial charge in [-0.3, -0.25) is 19.2 Å². The number of esters is 5. The van der Waals surface area contributed by atoms with Crippen LogP contribution < -0.4 is 37.9 Å². The van der Waals surface area contributed by atoms with Crippen molar-refractivity contribution in [2.45, 2.75) is 143 Å². The Hall–Kier alpha value is -10.1. The van der Waals surface area contributed by atoms with Gasteiger partial charge in [-0.05, 0) is 183 Å². The first-order valence-corrected chi connectivity index (χ1v) is 32.5. The van der Waals surface area contributed by atoms with Crippen LogP contribution in [0.15, 0.2) is 98.1 Å². The van der Waals surface area contributed by atoms with Crippen molar-refractivity contribution in [3.63, 3.8) is 0 Å². The molecule has 0 aliphatic carbocycles. The summed E-state index contributed by atoms with van der Waals surface area (Å²) in [5, 5.41) is 9.07. The van der Waals surface area contributed by atoms with E-state index in [2.05, 4.69) is 13.2 Å². The fourth-order valence-electron chi connectivity index (χ4n) is 10.9.